The molecule has 0 saturated heterocycles. The van der Waals surface area contributed by atoms with E-state index < -0.39 is 0 Å². The van der Waals surface area contributed by atoms with Gasteiger partial charge in [-0.05, 0) is 73.3 Å². The molecule has 1 aromatic heterocycles. The number of hydrogen-bond donors (Lipinski definition) is 0. The fraction of sp³-hybridized carbons (Fsp3) is 0.0667. The second-order valence-electron chi connectivity index (χ2n) is 8.62. The predicted octanol–water partition coefficient (Wildman–Crippen LogP) is 7.66. The summed E-state index contributed by atoms with van der Waals surface area (Å²) in [4.78, 5) is 4.01. The van der Waals surface area contributed by atoms with Gasteiger partial charge in [-0.2, -0.15) is 4.80 Å². The van der Waals surface area contributed by atoms with Gasteiger partial charge in [-0.1, -0.05) is 66.2 Å². The molecule has 4 heteroatoms. The lowest BCUT2D eigenvalue weighted by atomic mass is 10.0. The highest BCUT2D eigenvalue weighted by atomic mass is 15.5. The van der Waals surface area contributed by atoms with E-state index in [0.717, 1.165) is 33.8 Å². The van der Waals surface area contributed by atoms with Crippen molar-refractivity contribution in [1.29, 1.82) is 0 Å². The first-order valence-corrected chi connectivity index (χ1v) is 11.4. The number of nitrogens with zero attached hydrogens (tertiary/aromatic N) is 4. The van der Waals surface area contributed by atoms with Crippen LogP contribution < -0.4 is 4.90 Å². The number of hydrogen-bond acceptors (Lipinski definition) is 3. The highest BCUT2D eigenvalue weighted by Crippen LogP contribution is 2.40. The first kappa shape index (κ1) is 20.2. The summed E-state index contributed by atoms with van der Waals surface area (Å²) in [5, 5.41) is 11.9. The Morgan fingerprint density at radius 3 is 2.06 bits per heavy atom. The Labute approximate surface area is 198 Å². The number of para-hydroxylation sites is 1. The Bertz CT molecular complexity index is 1620. The Balaban J connectivity index is 1.55. The molecule has 164 valence electrons. The number of fused-ring (bicyclic) bond motifs is 2. The molecule has 0 amide bonds. The molecular weight excluding hydrogens is 416 g/mol. The van der Waals surface area contributed by atoms with Crippen LogP contribution in [0.25, 0.3) is 27.5 Å². The van der Waals surface area contributed by atoms with Crippen LogP contribution in [0.5, 0.6) is 0 Å². The molecule has 4 nitrogen and oxygen atoms in total. The molecule has 0 aliphatic carbocycles. The van der Waals surface area contributed by atoms with E-state index in [0.29, 0.717) is 0 Å². The zero-order chi connectivity index (χ0) is 23.1. The van der Waals surface area contributed by atoms with E-state index in [1.54, 1.807) is 4.80 Å². The number of anilines is 3. The van der Waals surface area contributed by atoms with E-state index in [1.807, 2.05) is 30.3 Å². The van der Waals surface area contributed by atoms with Gasteiger partial charge in [0.2, 0.25) is 0 Å². The molecule has 1 heterocycles. The van der Waals surface area contributed by atoms with Crippen LogP contribution >= 0.6 is 0 Å². The third-order valence-electron chi connectivity index (χ3n) is 6.26. The van der Waals surface area contributed by atoms with Gasteiger partial charge in [-0.25, -0.2) is 0 Å². The predicted molar refractivity (Wildman–Crippen MR) is 141 cm³/mol. The number of aryl methyl sites for hydroxylation is 2. The third-order valence-corrected chi connectivity index (χ3v) is 6.26. The maximum absolute atomic E-state index is 4.78. The van der Waals surface area contributed by atoms with Crippen molar-refractivity contribution in [2.24, 2.45) is 0 Å². The van der Waals surface area contributed by atoms with E-state index in [9.17, 15) is 0 Å². The normalized spacial score (nSPS) is 11.2. The van der Waals surface area contributed by atoms with Gasteiger partial charge in [0.15, 0.2) is 0 Å². The smallest absolute Gasteiger partial charge is 0.115 e. The first-order chi connectivity index (χ1) is 16.7. The second kappa shape index (κ2) is 8.16. The summed E-state index contributed by atoms with van der Waals surface area (Å²) >= 11 is 0. The van der Waals surface area contributed by atoms with Gasteiger partial charge >= 0.3 is 0 Å². The van der Waals surface area contributed by atoms with Crippen LogP contribution in [-0.2, 0) is 0 Å². The average molecular weight is 441 g/mol. The molecule has 0 aliphatic rings. The summed E-state index contributed by atoms with van der Waals surface area (Å²) in [6.45, 7) is 4.28. The lowest BCUT2D eigenvalue weighted by Crippen LogP contribution is -2.10. The number of aromatic nitrogens is 3. The summed E-state index contributed by atoms with van der Waals surface area (Å²) in [5.74, 6) is 0. The van der Waals surface area contributed by atoms with E-state index in [4.69, 9.17) is 5.10 Å². The number of rotatable bonds is 4. The Hall–Kier alpha value is -4.44. The van der Waals surface area contributed by atoms with E-state index in [-0.39, 0.29) is 0 Å². The molecule has 0 N–H and O–H groups in total. The molecular formula is C30H24N4. The fourth-order valence-corrected chi connectivity index (χ4v) is 4.47. The molecule has 0 saturated carbocycles. The van der Waals surface area contributed by atoms with Crippen molar-refractivity contribution in [2.45, 2.75) is 13.8 Å². The molecule has 0 fully saturated rings. The van der Waals surface area contributed by atoms with Crippen LogP contribution in [0, 0.1) is 13.8 Å². The van der Waals surface area contributed by atoms with Gasteiger partial charge in [-0.15, -0.1) is 10.2 Å². The Morgan fingerprint density at radius 2 is 1.26 bits per heavy atom. The molecule has 0 aliphatic heterocycles. The molecule has 0 radical (unpaired) electrons. The Morgan fingerprint density at radius 1 is 0.588 bits per heavy atom. The van der Waals surface area contributed by atoms with E-state index in [1.165, 1.54) is 21.9 Å². The van der Waals surface area contributed by atoms with Gasteiger partial charge < -0.3 is 4.90 Å². The molecule has 0 bridgehead atoms. The molecule has 6 rings (SSSR count). The maximum atomic E-state index is 4.78. The van der Waals surface area contributed by atoms with Gasteiger partial charge in [0, 0.05) is 16.8 Å². The molecule has 34 heavy (non-hydrogen) atoms. The van der Waals surface area contributed by atoms with Crippen molar-refractivity contribution in [2.75, 3.05) is 4.90 Å². The van der Waals surface area contributed by atoms with Crippen LogP contribution in [0.1, 0.15) is 11.1 Å². The van der Waals surface area contributed by atoms with Crippen molar-refractivity contribution in [3.05, 3.63) is 120 Å². The third kappa shape index (κ3) is 3.50. The average Bonchev–Trinajstić information content (AvgIpc) is 3.31. The van der Waals surface area contributed by atoms with E-state index >= 15 is 0 Å². The molecule has 6 aromatic rings. The quantitative estimate of drug-likeness (QED) is 0.282. The van der Waals surface area contributed by atoms with Crippen LogP contribution in [0.15, 0.2) is 109 Å². The lowest BCUT2D eigenvalue weighted by molar-refractivity contribution is 0.766. The minimum absolute atomic E-state index is 0.856. The van der Waals surface area contributed by atoms with Gasteiger partial charge in [0.25, 0.3) is 0 Å². The summed E-state index contributed by atoms with van der Waals surface area (Å²) in [6, 6.07) is 38.0. The number of benzene rings is 5. The highest BCUT2D eigenvalue weighted by molar-refractivity contribution is 6.01. The SMILES string of the molecule is Cc1ccc(N(c2ccc3nn(-c4ccccc4)nc3c2)c2ccc(C)c3ccccc23)cc1. The molecule has 0 atom stereocenters. The van der Waals surface area contributed by atoms with Crippen LogP contribution in [0.4, 0.5) is 17.1 Å². The molecule has 5 aromatic carbocycles. The van der Waals surface area contributed by atoms with Crippen molar-refractivity contribution in [3.63, 3.8) is 0 Å². The van der Waals surface area contributed by atoms with Crippen molar-refractivity contribution < 1.29 is 0 Å². The first-order valence-electron chi connectivity index (χ1n) is 11.4. The minimum Gasteiger partial charge on any atom is -0.310 e. The Kier molecular flexibility index (Phi) is 4.84. The largest absolute Gasteiger partial charge is 0.310 e. The molecule has 0 spiro atoms. The van der Waals surface area contributed by atoms with E-state index in [2.05, 4.69) is 103 Å². The minimum atomic E-state index is 0.856. The topological polar surface area (TPSA) is 34.0 Å². The van der Waals surface area contributed by atoms with Crippen LogP contribution in [-0.4, -0.2) is 15.0 Å². The van der Waals surface area contributed by atoms with Crippen LogP contribution in [0.3, 0.4) is 0 Å². The van der Waals surface area contributed by atoms with Crippen molar-refractivity contribution in [3.8, 4) is 5.69 Å². The zero-order valence-corrected chi connectivity index (χ0v) is 19.2. The summed E-state index contributed by atoms with van der Waals surface area (Å²) in [7, 11) is 0. The van der Waals surface area contributed by atoms with Gasteiger partial charge in [0.1, 0.15) is 11.0 Å². The summed E-state index contributed by atoms with van der Waals surface area (Å²) < 4.78 is 0. The van der Waals surface area contributed by atoms with Crippen molar-refractivity contribution >= 4 is 38.9 Å². The monoisotopic (exact) mass is 440 g/mol. The van der Waals surface area contributed by atoms with Gasteiger partial charge in [0.05, 0.1) is 11.4 Å². The fourth-order valence-electron chi connectivity index (χ4n) is 4.47. The maximum Gasteiger partial charge on any atom is 0.115 e. The highest BCUT2D eigenvalue weighted by Gasteiger charge is 2.17. The van der Waals surface area contributed by atoms with Gasteiger partial charge in [-0.3, -0.25) is 0 Å². The molecule has 0 unspecified atom stereocenters. The second-order valence-corrected chi connectivity index (χ2v) is 8.62. The zero-order valence-electron chi connectivity index (χ0n) is 19.2. The summed E-state index contributed by atoms with van der Waals surface area (Å²) in [6.07, 6.45) is 0. The van der Waals surface area contributed by atoms with Crippen LogP contribution in [0.2, 0.25) is 0 Å². The summed E-state index contributed by atoms with van der Waals surface area (Å²) in [5.41, 5.74) is 8.46. The lowest BCUT2D eigenvalue weighted by Gasteiger charge is -2.27. The van der Waals surface area contributed by atoms with Crippen molar-refractivity contribution in [1.82, 2.24) is 15.0 Å². The standard InChI is InChI=1S/C30H24N4/c1-21-12-15-23(16-13-21)33(30-19-14-22(2)26-10-6-7-11-27(26)30)25-17-18-28-29(20-25)32-34(31-28)24-8-4-3-5-9-24/h3-20H,1-2H3.